The lowest BCUT2D eigenvalue weighted by molar-refractivity contribution is 0.466. The molecule has 0 fully saturated rings. The van der Waals surface area contributed by atoms with Crippen LogP contribution in [0.15, 0.2) is 176 Å². The Morgan fingerprint density at radius 2 is 1.15 bits per heavy atom. The molecule has 7 aromatic carbocycles. The molecule has 2 aromatic heterocycles. The quantitative estimate of drug-likeness (QED) is 0.142. The zero-order valence-corrected chi connectivity index (χ0v) is 36.5. The molecule has 0 aliphatic carbocycles. The number of aromatic hydroxyl groups is 1. The molecule has 0 atom stereocenters. The van der Waals surface area contributed by atoms with Crippen LogP contribution in [-0.2, 0) is 6.42 Å². The van der Waals surface area contributed by atoms with Gasteiger partial charge in [-0.2, -0.15) is 0 Å². The third-order valence-corrected chi connectivity index (χ3v) is 11.9. The Morgan fingerprint density at radius 1 is 0.500 bits per heavy atom. The van der Waals surface area contributed by atoms with Crippen molar-refractivity contribution in [2.45, 2.75) is 59.8 Å². The van der Waals surface area contributed by atoms with E-state index in [4.69, 9.17) is 9.97 Å². The van der Waals surface area contributed by atoms with Crippen LogP contribution in [0.3, 0.4) is 0 Å². The van der Waals surface area contributed by atoms with Gasteiger partial charge in [-0.1, -0.05) is 157 Å². The average Bonchev–Trinajstić information content (AvgIpc) is 3.69. The van der Waals surface area contributed by atoms with Gasteiger partial charge in [0.25, 0.3) is 0 Å². The first-order chi connectivity index (χ1) is 30.1. The third kappa shape index (κ3) is 7.97. The molecule has 0 aliphatic heterocycles. The van der Waals surface area contributed by atoms with Crippen molar-refractivity contribution in [3.63, 3.8) is 0 Å². The molecule has 1 N–H and O–H groups in total. The number of hydrogen-bond donors (Lipinski definition) is 1. The maximum Gasteiger partial charge on any atom is 0.149 e. The van der Waals surface area contributed by atoms with Crippen LogP contribution in [0.2, 0.25) is 0 Å². The number of benzene rings is 7. The van der Waals surface area contributed by atoms with Crippen LogP contribution in [0.25, 0.3) is 83.9 Å². The largest absolute Gasteiger partial charge is 0.507 e. The second-order valence-electron chi connectivity index (χ2n) is 17.5. The normalized spacial score (nSPS) is 11.6. The van der Waals surface area contributed by atoms with Gasteiger partial charge in [-0.25, -0.2) is 4.98 Å². The number of hydrogen-bond acceptors (Lipinski definition) is 3. The van der Waals surface area contributed by atoms with Crippen molar-refractivity contribution >= 4 is 11.0 Å². The van der Waals surface area contributed by atoms with E-state index in [1.807, 2.05) is 12.3 Å². The van der Waals surface area contributed by atoms with Crippen LogP contribution in [-0.4, -0.2) is 19.6 Å². The Labute approximate surface area is 366 Å². The Kier molecular flexibility index (Phi) is 11.2. The molecule has 2 heterocycles. The molecule has 9 rings (SSSR count). The summed E-state index contributed by atoms with van der Waals surface area (Å²) >= 11 is 0. The van der Waals surface area contributed by atoms with Crippen molar-refractivity contribution in [2.75, 3.05) is 0 Å². The zero-order valence-electron chi connectivity index (χ0n) is 36.5. The molecule has 0 amide bonds. The molecule has 4 heteroatoms. The number of pyridine rings is 1. The van der Waals surface area contributed by atoms with E-state index < -0.39 is 0 Å². The summed E-state index contributed by atoms with van der Waals surface area (Å²) in [6, 6.07) is 60.4. The van der Waals surface area contributed by atoms with Crippen molar-refractivity contribution in [1.82, 2.24) is 14.5 Å². The molecular formula is C58H53N3O. The molecular weight excluding hydrogens is 755 g/mol. The summed E-state index contributed by atoms with van der Waals surface area (Å²) in [4.78, 5) is 10.6. The van der Waals surface area contributed by atoms with E-state index in [1.54, 1.807) is 0 Å². The first-order valence-corrected chi connectivity index (χ1v) is 21.9. The van der Waals surface area contributed by atoms with Crippen LogP contribution in [0, 0.1) is 5.92 Å². The number of fused-ring (bicyclic) bond motifs is 1. The summed E-state index contributed by atoms with van der Waals surface area (Å²) in [5.41, 5.74) is 17.6. The molecule has 0 aliphatic rings. The van der Waals surface area contributed by atoms with Crippen molar-refractivity contribution < 1.29 is 5.11 Å². The van der Waals surface area contributed by atoms with E-state index >= 15 is 0 Å². The number of para-hydroxylation sites is 1. The van der Waals surface area contributed by atoms with Gasteiger partial charge in [0.15, 0.2) is 0 Å². The molecule has 0 radical (unpaired) electrons. The van der Waals surface area contributed by atoms with Gasteiger partial charge >= 0.3 is 0 Å². The minimum atomic E-state index is 0.115. The number of phenols is 1. The first-order valence-electron chi connectivity index (χ1n) is 21.9. The van der Waals surface area contributed by atoms with Crippen LogP contribution >= 0.6 is 0 Å². The minimum Gasteiger partial charge on any atom is -0.507 e. The molecule has 306 valence electrons. The lowest BCUT2D eigenvalue weighted by Crippen LogP contribution is -2.04. The predicted molar refractivity (Wildman–Crippen MR) is 260 cm³/mol. The standard InChI is InChI=1S/C58H53N3O/c1-37(2)29-40-25-26-54(51(30-40)43-21-14-9-15-22-43)61-55-24-16-23-49(56(55)60-58(61)52-35-45(38(3)4)34-50(39(5)6)57(52)62)47-31-46(42-19-12-8-13-20-42)32-48(33-47)53-36-44(27-28-59-53)41-17-10-7-11-18-41/h7-28,30-39,62H,29H2,1-6H3. The Morgan fingerprint density at radius 3 is 1.81 bits per heavy atom. The number of rotatable bonds is 11. The Balaban J connectivity index is 1.34. The molecule has 9 aromatic rings. The maximum absolute atomic E-state index is 12.3. The summed E-state index contributed by atoms with van der Waals surface area (Å²) < 4.78 is 2.29. The van der Waals surface area contributed by atoms with Gasteiger partial charge in [0.1, 0.15) is 11.6 Å². The number of nitrogens with zero attached hydrogens (tertiary/aromatic N) is 3. The fourth-order valence-electron chi connectivity index (χ4n) is 8.73. The molecule has 0 bridgehead atoms. The van der Waals surface area contributed by atoms with Crippen molar-refractivity contribution in [1.29, 1.82) is 0 Å². The third-order valence-electron chi connectivity index (χ3n) is 11.9. The van der Waals surface area contributed by atoms with Crippen LogP contribution in [0.5, 0.6) is 5.75 Å². The lowest BCUT2D eigenvalue weighted by atomic mass is 9.91. The van der Waals surface area contributed by atoms with Gasteiger partial charge in [-0.15, -0.1) is 0 Å². The topological polar surface area (TPSA) is 50.9 Å². The summed E-state index contributed by atoms with van der Waals surface area (Å²) in [6.45, 7) is 13.3. The van der Waals surface area contributed by atoms with Crippen molar-refractivity contribution in [3.05, 3.63) is 193 Å². The number of aromatic nitrogens is 3. The second-order valence-corrected chi connectivity index (χ2v) is 17.5. The maximum atomic E-state index is 12.3. The van der Waals surface area contributed by atoms with Crippen LogP contribution < -0.4 is 0 Å². The molecule has 0 saturated carbocycles. The van der Waals surface area contributed by atoms with Gasteiger partial charge in [0, 0.05) is 22.9 Å². The Hall–Kier alpha value is -7.04. The van der Waals surface area contributed by atoms with E-state index in [2.05, 4.69) is 210 Å². The zero-order chi connectivity index (χ0) is 42.9. The highest BCUT2D eigenvalue weighted by molar-refractivity contribution is 5.98. The summed E-state index contributed by atoms with van der Waals surface area (Å²) in [5, 5.41) is 12.3. The van der Waals surface area contributed by atoms with Gasteiger partial charge in [0.05, 0.1) is 28.0 Å². The minimum absolute atomic E-state index is 0.115. The fraction of sp³-hybridized carbons (Fsp3) is 0.172. The second kappa shape index (κ2) is 17.1. The summed E-state index contributed by atoms with van der Waals surface area (Å²) in [6.07, 6.45) is 2.88. The van der Waals surface area contributed by atoms with E-state index in [9.17, 15) is 5.11 Å². The van der Waals surface area contributed by atoms with Crippen molar-refractivity contribution in [2.24, 2.45) is 5.92 Å². The lowest BCUT2D eigenvalue weighted by Gasteiger charge is -2.20. The monoisotopic (exact) mass is 807 g/mol. The molecule has 0 unspecified atom stereocenters. The summed E-state index contributed by atoms with van der Waals surface area (Å²) in [5.74, 6) is 1.86. The Bertz CT molecular complexity index is 3020. The molecule has 0 saturated heterocycles. The van der Waals surface area contributed by atoms with Gasteiger partial charge < -0.3 is 5.11 Å². The van der Waals surface area contributed by atoms with E-state index in [1.165, 1.54) is 11.1 Å². The highest BCUT2D eigenvalue weighted by Gasteiger charge is 2.25. The highest BCUT2D eigenvalue weighted by Crippen LogP contribution is 2.44. The molecule has 0 spiro atoms. The summed E-state index contributed by atoms with van der Waals surface area (Å²) in [7, 11) is 0. The molecule has 62 heavy (non-hydrogen) atoms. The highest BCUT2D eigenvalue weighted by atomic mass is 16.3. The first kappa shape index (κ1) is 40.4. The van der Waals surface area contributed by atoms with Crippen LogP contribution in [0.1, 0.15) is 70.1 Å². The predicted octanol–water partition coefficient (Wildman–Crippen LogP) is 15.6. The number of imidazole rings is 1. The van der Waals surface area contributed by atoms with Gasteiger partial charge in [-0.3, -0.25) is 9.55 Å². The van der Waals surface area contributed by atoms with Gasteiger partial charge in [-0.05, 0) is 129 Å². The van der Waals surface area contributed by atoms with E-state index in [0.29, 0.717) is 11.7 Å². The number of phenolic OH excluding ortho intramolecular Hbond substituents is 1. The fourth-order valence-corrected chi connectivity index (χ4v) is 8.73. The van der Waals surface area contributed by atoms with E-state index in [0.717, 1.165) is 90.0 Å². The van der Waals surface area contributed by atoms with E-state index in [-0.39, 0.29) is 17.6 Å². The van der Waals surface area contributed by atoms with Gasteiger partial charge in [0.2, 0.25) is 0 Å². The van der Waals surface area contributed by atoms with Crippen molar-refractivity contribution in [3.8, 4) is 78.6 Å². The SMILES string of the molecule is CC(C)Cc1ccc(-n2c(-c3cc(C(C)C)cc(C(C)C)c3O)nc3c(-c4cc(-c5ccccc5)cc(-c5cc(-c6ccccc6)ccn5)c4)cccc32)c(-c2ccccc2)c1. The molecule has 4 nitrogen and oxygen atoms in total. The van der Waals surface area contributed by atoms with Crippen LogP contribution in [0.4, 0.5) is 0 Å². The smallest absolute Gasteiger partial charge is 0.149 e. The average molecular weight is 808 g/mol.